The van der Waals surface area contributed by atoms with Crippen molar-refractivity contribution in [2.45, 2.75) is 25.8 Å². The molecule has 2 rings (SSSR count). The Labute approximate surface area is 110 Å². The van der Waals surface area contributed by atoms with Crippen LogP contribution in [0.4, 0.5) is 0 Å². The summed E-state index contributed by atoms with van der Waals surface area (Å²) >= 11 is 3.44. The van der Waals surface area contributed by atoms with Crippen molar-refractivity contribution in [1.82, 2.24) is 5.32 Å². The molecule has 1 aliphatic rings. The van der Waals surface area contributed by atoms with E-state index in [9.17, 15) is 4.79 Å². The average Bonchev–Trinajstić information content (AvgIpc) is 2.68. The van der Waals surface area contributed by atoms with Crippen molar-refractivity contribution in [2.75, 3.05) is 13.2 Å². The van der Waals surface area contributed by atoms with E-state index >= 15 is 0 Å². The maximum atomic E-state index is 12.2. The van der Waals surface area contributed by atoms with E-state index in [1.807, 2.05) is 32.0 Å². The fraction of sp³-hybridized carbons (Fsp3) is 0.462. The van der Waals surface area contributed by atoms with E-state index in [1.54, 1.807) is 0 Å². The molecule has 1 aromatic carbocycles. The fourth-order valence-electron chi connectivity index (χ4n) is 1.96. The number of halogens is 1. The van der Waals surface area contributed by atoms with E-state index in [2.05, 4.69) is 21.2 Å². The lowest BCUT2D eigenvalue weighted by atomic mass is 10.00. The monoisotopic (exact) mass is 297 g/mol. The Morgan fingerprint density at radius 1 is 1.53 bits per heavy atom. The Morgan fingerprint density at radius 3 is 2.94 bits per heavy atom. The van der Waals surface area contributed by atoms with Crippen molar-refractivity contribution < 1.29 is 9.53 Å². The number of carbonyl (C=O) groups excluding carboxylic acids is 1. The van der Waals surface area contributed by atoms with Gasteiger partial charge in [-0.3, -0.25) is 4.79 Å². The van der Waals surface area contributed by atoms with Crippen LogP contribution in [0.3, 0.4) is 0 Å². The first kappa shape index (κ1) is 12.6. The number of rotatable bonds is 2. The molecule has 1 fully saturated rings. The molecular formula is C13H16BrNO2. The van der Waals surface area contributed by atoms with Crippen LogP contribution >= 0.6 is 15.9 Å². The third kappa shape index (κ3) is 2.69. The van der Waals surface area contributed by atoms with Gasteiger partial charge in [-0.1, -0.05) is 22.0 Å². The van der Waals surface area contributed by atoms with E-state index < -0.39 is 0 Å². The molecule has 1 atom stereocenters. The lowest BCUT2D eigenvalue weighted by Crippen LogP contribution is -2.46. The van der Waals surface area contributed by atoms with Crippen LogP contribution in [0.25, 0.3) is 0 Å². The van der Waals surface area contributed by atoms with Crippen LogP contribution < -0.4 is 5.32 Å². The van der Waals surface area contributed by atoms with Crippen LogP contribution in [-0.2, 0) is 4.74 Å². The number of amides is 1. The van der Waals surface area contributed by atoms with Crippen LogP contribution in [-0.4, -0.2) is 24.7 Å². The topological polar surface area (TPSA) is 38.3 Å². The number of hydrogen-bond donors (Lipinski definition) is 1. The first-order valence-electron chi connectivity index (χ1n) is 5.67. The van der Waals surface area contributed by atoms with Gasteiger partial charge in [0.1, 0.15) is 0 Å². The van der Waals surface area contributed by atoms with Gasteiger partial charge in [-0.2, -0.15) is 0 Å². The Morgan fingerprint density at radius 2 is 2.29 bits per heavy atom. The zero-order chi connectivity index (χ0) is 12.5. The maximum absolute atomic E-state index is 12.2. The molecule has 0 aromatic heterocycles. The van der Waals surface area contributed by atoms with Gasteiger partial charge in [-0.15, -0.1) is 0 Å². The van der Waals surface area contributed by atoms with E-state index in [-0.39, 0.29) is 11.4 Å². The Balaban J connectivity index is 2.17. The van der Waals surface area contributed by atoms with E-state index in [0.717, 1.165) is 16.5 Å². The highest BCUT2D eigenvalue weighted by Gasteiger charge is 2.31. The molecule has 0 aliphatic carbocycles. The summed E-state index contributed by atoms with van der Waals surface area (Å²) in [4.78, 5) is 12.2. The Hall–Kier alpha value is -0.870. The van der Waals surface area contributed by atoms with E-state index in [0.29, 0.717) is 18.8 Å². The number of nitrogens with one attached hydrogen (secondary N) is 1. The molecule has 17 heavy (non-hydrogen) atoms. The first-order valence-corrected chi connectivity index (χ1v) is 6.46. The molecular weight excluding hydrogens is 282 g/mol. The van der Waals surface area contributed by atoms with Gasteiger partial charge >= 0.3 is 0 Å². The molecule has 1 aliphatic heterocycles. The summed E-state index contributed by atoms with van der Waals surface area (Å²) in [5.74, 6) is -0.0307. The highest BCUT2D eigenvalue weighted by molar-refractivity contribution is 9.10. The van der Waals surface area contributed by atoms with Gasteiger partial charge in [0.15, 0.2) is 0 Å². The van der Waals surface area contributed by atoms with Gasteiger partial charge in [-0.25, -0.2) is 0 Å². The molecule has 4 heteroatoms. The summed E-state index contributed by atoms with van der Waals surface area (Å²) < 4.78 is 6.28. The zero-order valence-electron chi connectivity index (χ0n) is 10.0. The predicted molar refractivity (Wildman–Crippen MR) is 70.2 cm³/mol. The lowest BCUT2D eigenvalue weighted by Gasteiger charge is -2.24. The second kappa shape index (κ2) is 4.78. The predicted octanol–water partition coefficient (Wildman–Crippen LogP) is 2.67. The van der Waals surface area contributed by atoms with Crippen molar-refractivity contribution in [2.24, 2.45) is 0 Å². The van der Waals surface area contributed by atoms with Crippen LogP contribution in [0.15, 0.2) is 22.7 Å². The SMILES string of the molecule is Cc1c(Br)cccc1C(=O)NC1(C)CCOC1. The van der Waals surface area contributed by atoms with E-state index in [1.165, 1.54) is 0 Å². The standard InChI is InChI=1S/C13H16BrNO2/c1-9-10(4-3-5-11(9)14)12(16)15-13(2)6-7-17-8-13/h3-5H,6-8H2,1-2H3,(H,15,16). The van der Waals surface area contributed by atoms with Gasteiger partial charge in [-0.05, 0) is 38.0 Å². The van der Waals surface area contributed by atoms with Crippen LogP contribution in [0, 0.1) is 6.92 Å². The average molecular weight is 298 g/mol. The second-order valence-electron chi connectivity index (χ2n) is 4.73. The molecule has 0 saturated carbocycles. The normalized spacial score (nSPS) is 23.7. The largest absolute Gasteiger partial charge is 0.379 e. The molecule has 0 radical (unpaired) electrons. The van der Waals surface area contributed by atoms with Crippen molar-refractivity contribution in [3.05, 3.63) is 33.8 Å². The number of benzene rings is 1. The molecule has 1 amide bonds. The molecule has 1 saturated heterocycles. The lowest BCUT2D eigenvalue weighted by molar-refractivity contribution is 0.0889. The van der Waals surface area contributed by atoms with Gasteiger partial charge in [0.05, 0.1) is 12.1 Å². The summed E-state index contributed by atoms with van der Waals surface area (Å²) in [6.07, 6.45) is 0.867. The van der Waals surface area contributed by atoms with Crippen LogP contribution in [0.5, 0.6) is 0 Å². The molecule has 1 aromatic rings. The molecule has 1 unspecified atom stereocenters. The van der Waals surface area contributed by atoms with Gasteiger partial charge in [0, 0.05) is 16.6 Å². The minimum absolute atomic E-state index is 0.0307. The molecule has 1 heterocycles. The van der Waals surface area contributed by atoms with Crippen LogP contribution in [0.1, 0.15) is 29.3 Å². The Bertz CT molecular complexity index is 439. The van der Waals surface area contributed by atoms with Crippen molar-refractivity contribution in [3.8, 4) is 0 Å². The molecule has 92 valence electrons. The fourth-order valence-corrected chi connectivity index (χ4v) is 2.33. The van der Waals surface area contributed by atoms with Crippen molar-refractivity contribution >= 4 is 21.8 Å². The number of carbonyl (C=O) groups is 1. The highest BCUT2D eigenvalue weighted by atomic mass is 79.9. The minimum Gasteiger partial charge on any atom is -0.379 e. The maximum Gasteiger partial charge on any atom is 0.252 e. The number of hydrogen-bond acceptors (Lipinski definition) is 2. The smallest absolute Gasteiger partial charge is 0.252 e. The summed E-state index contributed by atoms with van der Waals surface area (Å²) in [6, 6.07) is 5.65. The summed E-state index contributed by atoms with van der Waals surface area (Å²) in [5, 5.41) is 3.05. The Kier molecular flexibility index (Phi) is 3.54. The van der Waals surface area contributed by atoms with Gasteiger partial charge in [0.2, 0.25) is 0 Å². The molecule has 1 N–H and O–H groups in total. The zero-order valence-corrected chi connectivity index (χ0v) is 11.6. The number of ether oxygens (including phenoxy) is 1. The van der Waals surface area contributed by atoms with Crippen LogP contribution in [0.2, 0.25) is 0 Å². The molecule has 0 bridgehead atoms. The van der Waals surface area contributed by atoms with E-state index in [4.69, 9.17) is 4.74 Å². The summed E-state index contributed by atoms with van der Waals surface area (Å²) in [5.41, 5.74) is 1.45. The minimum atomic E-state index is -0.230. The third-order valence-corrected chi connectivity index (χ3v) is 4.01. The second-order valence-corrected chi connectivity index (χ2v) is 5.58. The highest BCUT2D eigenvalue weighted by Crippen LogP contribution is 2.22. The molecule has 0 spiro atoms. The van der Waals surface area contributed by atoms with Gasteiger partial charge in [0.25, 0.3) is 5.91 Å². The molecule has 3 nitrogen and oxygen atoms in total. The van der Waals surface area contributed by atoms with Crippen molar-refractivity contribution in [1.29, 1.82) is 0 Å². The van der Waals surface area contributed by atoms with Crippen molar-refractivity contribution in [3.63, 3.8) is 0 Å². The quantitative estimate of drug-likeness (QED) is 0.911. The summed E-state index contributed by atoms with van der Waals surface area (Å²) in [6.45, 7) is 5.26. The first-order chi connectivity index (χ1) is 8.02. The summed E-state index contributed by atoms with van der Waals surface area (Å²) in [7, 11) is 0. The van der Waals surface area contributed by atoms with Gasteiger partial charge < -0.3 is 10.1 Å². The third-order valence-electron chi connectivity index (χ3n) is 3.15.